The molecule has 20 heavy (non-hydrogen) atoms. The first-order valence-electron chi connectivity index (χ1n) is 7.67. The molecule has 0 saturated carbocycles. The summed E-state index contributed by atoms with van der Waals surface area (Å²) in [5.41, 5.74) is 0.229. The molecule has 1 aliphatic rings. The van der Waals surface area contributed by atoms with Gasteiger partial charge in [0.1, 0.15) is 11.6 Å². The van der Waals surface area contributed by atoms with Gasteiger partial charge in [0.15, 0.2) is 0 Å². The lowest BCUT2D eigenvalue weighted by molar-refractivity contribution is 0.165. The van der Waals surface area contributed by atoms with Crippen LogP contribution in [0.1, 0.15) is 45.3 Å². The van der Waals surface area contributed by atoms with Crippen molar-refractivity contribution in [2.75, 3.05) is 19.6 Å². The van der Waals surface area contributed by atoms with Gasteiger partial charge in [-0.2, -0.15) is 0 Å². The van der Waals surface area contributed by atoms with E-state index < -0.39 is 0 Å². The van der Waals surface area contributed by atoms with Gasteiger partial charge in [-0.05, 0) is 66.1 Å². The maximum atomic E-state index is 4.26. The van der Waals surface area contributed by atoms with Crippen molar-refractivity contribution in [2.45, 2.75) is 52.6 Å². The summed E-state index contributed by atoms with van der Waals surface area (Å²) >= 11 is 0. The largest absolute Gasteiger partial charge is 0.317 e. The molecule has 1 aliphatic heterocycles. The molecule has 0 unspecified atom stereocenters. The molecular weight excluding hydrogens is 250 g/mol. The van der Waals surface area contributed by atoms with E-state index in [0.717, 1.165) is 30.7 Å². The van der Waals surface area contributed by atoms with Gasteiger partial charge in [-0.25, -0.2) is 0 Å². The fourth-order valence-electron chi connectivity index (χ4n) is 2.59. The molecule has 0 radical (unpaired) electrons. The summed E-state index contributed by atoms with van der Waals surface area (Å²) < 4.78 is 2.09. The molecule has 2 heterocycles. The quantitative estimate of drug-likeness (QED) is 0.911. The number of rotatable bonds is 4. The summed E-state index contributed by atoms with van der Waals surface area (Å²) in [6, 6.07) is 0. The topological polar surface area (TPSA) is 46.0 Å². The maximum Gasteiger partial charge on any atom is 0.146 e. The molecule has 114 valence electrons. The normalized spacial score (nSPS) is 18.6. The monoisotopic (exact) mass is 279 g/mol. The van der Waals surface area contributed by atoms with Crippen LogP contribution in [0, 0.1) is 12.8 Å². The average molecular weight is 279 g/mol. The van der Waals surface area contributed by atoms with Crippen molar-refractivity contribution in [3.05, 3.63) is 11.6 Å². The molecule has 5 nitrogen and oxygen atoms in total. The molecule has 1 aromatic rings. The molecule has 1 saturated heterocycles. The Hall–Kier alpha value is -0.940. The van der Waals surface area contributed by atoms with E-state index in [1.807, 2.05) is 14.0 Å². The summed E-state index contributed by atoms with van der Waals surface area (Å²) in [6.45, 7) is 13.1. The lowest BCUT2D eigenvalue weighted by atomic mass is 9.95. The first-order valence-corrected chi connectivity index (χ1v) is 7.67. The van der Waals surface area contributed by atoms with Gasteiger partial charge in [0.25, 0.3) is 0 Å². The SMILES string of the molecule is Cc1nnc(CN2CCC(CNC(C)(C)C)CC2)n1C. The Balaban J connectivity index is 1.76. The molecule has 1 N–H and O–H groups in total. The highest BCUT2D eigenvalue weighted by atomic mass is 15.3. The number of hydrogen-bond acceptors (Lipinski definition) is 4. The Kier molecular flexibility index (Phi) is 4.81. The van der Waals surface area contributed by atoms with Crippen LogP contribution in [0.4, 0.5) is 0 Å². The van der Waals surface area contributed by atoms with Gasteiger partial charge in [-0.3, -0.25) is 4.90 Å². The van der Waals surface area contributed by atoms with E-state index in [4.69, 9.17) is 0 Å². The van der Waals surface area contributed by atoms with Crippen LogP contribution in [0.3, 0.4) is 0 Å². The summed E-state index contributed by atoms with van der Waals surface area (Å²) in [6.07, 6.45) is 2.56. The molecule has 0 amide bonds. The van der Waals surface area contributed by atoms with E-state index >= 15 is 0 Å². The van der Waals surface area contributed by atoms with Crippen molar-refractivity contribution < 1.29 is 0 Å². The van der Waals surface area contributed by atoms with Gasteiger partial charge in [0, 0.05) is 12.6 Å². The predicted molar refractivity (Wildman–Crippen MR) is 81.5 cm³/mol. The minimum atomic E-state index is 0.229. The summed E-state index contributed by atoms with van der Waals surface area (Å²) in [5, 5.41) is 12.0. The van der Waals surface area contributed by atoms with Gasteiger partial charge in [0.05, 0.1) is 6.54 Å². The third kappa shape index (κ3) is 4.28. The lowest BCUT2D eigenvalue weighted by Crippen LogP contribution is -2.42. The Morgan fingerprint density at radius 1 is 1.20 bits per heavy atom. The maximum absolute atomic E-state index is 4.26. The van der Waals surface area contributed by atoms with E-state index in [-0.39, 0.29) is 5.54 Å². The van der Waals surface area contributed by atoms with Crippen molar-refractivity contribution >= 4 is 0 Å². The molecule has 5 heteroatoms. The standard InChI is InChI=1S/C15H29N5/c1-12-17-18-14(19(12)5)11-20-8-6-13(7-9-20)10-16-15(2,3)4/h13,16H,6-11H2,1-5H3. The number of nitrogens with one attached hydrogen (secondary N) is 1. The Morgan fingerprint density at radius 3 is 2.35 bits per heavy atom. The lowest BCUT2D eigenvalue weighted by Gasteiger charge is -2.33. The number of nitrogens with zero attached hydrogens (tertiary/aromatic N) is 4. The number of piperidine rings is 1. The second kappa shape index (κ2) is 6.22. The zero-order chi connectivity index (χ0) is 14.8. The molecular formula is C15H29N5. The summed E-state index contributed by atoms with van der Waals surface area (Å²) in [4.78, 5) is 2.50. The zero-order valence-corrected chi connectivity index (χ0v) is 13.6. The fourth-order valence-corrected chi connectivity index (χ4v) is 2.59. The third-order valence-corrected chi connectivity index (χ3v) is 4.18. The van der Waals surface area contributed by atoms with Crippen LogP contribution in [0.2, 0.25) is 0 Å². The highest BCUT2D eigenvalue weighted by molar-refractivity contribution is 4.93. The van der Waals surface area contributed by atoms with Crippen LogP contribution in [0.5, 0.6) is 0 Å². The first-order chi connectivity index (χ1) is 9.35. The van der Waals surface area contributed by atoms with E-state index in [2.05, 4.69) is 45.8 Å². The second-order valence-electron chi connectivity index (χ2n) is 7.07. The Labute approximate surface area is 122 Å². The molecule has 2 rings (SSSR count). The van der Waals surface area contributed by atoms with Crippen LogP contribution in [0.15, 0.2) is 0 Å². The minimum Gasteiger partial charge on any atom is -0.317 e. The van der Waals surface area contributed by atoms with E-state index in [1.165, 1.54) is 25.9 Å². The average Bonchev–Trinajstić information content (AvgIpc) is 2.69. The number of hydrogen-bond donors (Lipinski definition) is 1. The highest BCUT2D eigenvalue weighted by Crippen LogP contribution is 2.18. The molecule has 0 bridgehead atoms. The molecule has 0 spiro atoms. The van der Waals surface area contributed by atoms with E-state index in [0.29, 0.717) is 0 Å². The van der Waals surface area contributed by atoms with Crippen LogP contribution in [-0.4, -0.2) is 44.8 Å². The zero-order valence-electron chi connectivity index (χ0n) is 13.6. The van der Waals surface area contributed by atoms with Crippen molar-refractivity contribution in [1.29, 1.82) is 0 Å². The molecule has 1 aromatic heterocycles. The van der Waals surface area contributed by atoms with Gasteiger partial charge in [-0.15, -0.1) is 10.2 Å². The molecule has 0 atom stereocenters. The van der Waals surface area contributed by atoms with Gasteiger partial charge >= 0.3 is 0 Å². The van der Waals surface area contributed by atoms with Crippen molar-refractivity contribution in [3.8, 4) is 0 Å². The Morgan fingerprint density at radius 2 is 1.85 bits per heavy atom. The highest BCUT2D eigenvalue weighted by Gasteiger charge is 2.22. The van der Waals surface area contributed by atoms with Crippen molar-refractivity contribution in [2.24, 2.45) is 13.0 Å². The van der Waals surface area contributed by atoms with Gasteiger partial charge in [-0.1, -0.05) is 0 Å². The summed E-state index contributed by atoms with van der Waals surface area (Å²) in [5.74, 6) is 2.88. The number of likely N-dealkylation sites (tertiary alicyclic amines) is 1. The van der Waals surface area contributed by atoms with Crippen LogP contribution >= 0.6 is 0 Å². The van der Waals surface area contributed by atoms with Crippen LogP contribution < -0.4 is 5.32 Å². The fraction of sp³-hybridized carbons (Fsp3) is 0.867. The molecule has 1 fully saturated rings. The third-order valence-electron chi connectivity index (χ3n) is 4.18. The number of aromatic nitrogens is 3. The second-order valence-corrected chi connectivity index (χ2v) is 7.07. The van der Waals surface area contributed by atoms with E-state index in [9.17, 15) is 0 Å². The van der Waals surface area contributed by atoms with Crippen molar-refractivity contribution in [3.63, 3.8) is 0 Å². The molecule has 0 aromatic carbocycles. The van der Waals surface area contributed by atoms with Crippen molar-refractivity contribution in [1.82, 2.24) is 25.0 Å². The van der Waals surface area contributed by atoms with Gasteiger partial charge in [0.2, 0.25) is 0 Å². The summed E-state index contributed by atoms with van der Waals surface area (Å²) in [7, 11) is 2.05. The first kappa shape index (κ1) is 15.4. The van der Waals surface area contributed by atoms with Crippen LogP contribution in [0.25, 0.3) is 0 Å². The number of aryl methyl sites for hydroxylation is 1. The molecule has 0 aliphatic carbocycles. The van der Waals surface area contributed by atoms with E-state index in [1.54, 1.807) is 0 Å². The minimum absolute atomic E-state index is 0.229. The smallest absolute Gasteiger partial charge is 0.146 e. The Bertz CT molecular complexity index is 424. The van der Waals surface area contributed by atoms with Crippen LogP contribution in [-0.2, 0) is 13.6 Å². The van der Waals surface area contributed by atoms with Gasteiger partial charge < -0.3 is 9.88 Å². The predicted octanol–water partition coefficient (Wildman–Crippen LogP) is 1.72.